The predicted molar refractivity (Wildman–Crippen MR) is 66.7 cm³/mol. The maximum Gasteiger partial charge on any atom is 0.229 e. The van der Waals surface area contributed by atoms with Crippen molar-refractivity contribution in [3.05, 3.63) is 29.8 Å². The van der Waals surface area contributed by atoms with Gasteiger partial charge in [-0.25, -0.2) is 0 Å². The van der Waals surface area contributed by atoms with Crippen LogP contribution in [0.15, 0.2) is 29.2 Å². The number of halogens is 1. The van der Waals surface area contributed by atoms with Gasteiger partial charge >= 0.3 is 0 Å². The molecule has 0 saturated carbocycles. The molecule has 15 heavy (non-hydrogen) atoms. The summed E-state index contributed by atoms with van der Waals surface area (Å²) in [7, 11) is 0. The number of hydrogen-bond donors (Lipinski definition) is 0. The second-order valence-corrected chi connectivity index (χ2v) is 5.05. The van der Waals surface area contributed by atoms with E-state index in [0.717, 1.165) is 5.56 Å². The lowest BCUT2D eigenvalue weighted by Gasteiger charge is -2.16. The molecule has 1 rings (SSSR count). The monoisotopic (exact) mass is 242 g/mol. The second kappa shape index (κ2) is 5.57. The zero-order chi connectivity index (χ0) is 11.4. The maximum atomic E-state index is 11.3. The van der Waals surface area contributed by atoms with Crippen molar-refractivity contribution in [2.75, 3.05) is 6.26 Å². The lowest BCUT2D eigenvalue weighted by Crippen LogP contribution is -2.13. The minimum Gasteiger partial charge on any atom is -0.281 e. The predicted octanol–water partition coefficient (Wildman–Crippen LogP) is 3.91. The van der Waals surface area contributed by atoms with E-state index in [2.05, 4.69) is 0 Å². The third-order valence-corrected chi connectivity index (χ3v) is 3.36. The van der Waals surface area contributed by atoms with E-state index in [0.29, 0.717) is 0 Å². The summed E-state index contributed by atoms with van der Waals surface area (Å²) in [5.74, 6) is 0.0395. The van der Waals surface area contributed by atoms with Crippen LogP contribution < -0.4 is 0 Å². The summed E-state index contributed by atoms with van der Waals surface area (Å²) in [4.78, 5) is 12.5. The molecule has 1 nitrogen and oxygen atoms in total. The van der Waals surface area contributed by atoms with Crippen molar-refractivity contribution in [2.24, 2.45) is 5.92 Å². The highest BCUT2D eigenvalue weighted by Crippen LogP contribution is 2.28. The van der Waals surface area contributed by atoms with Gasteiger partial charge in [-0.15, -0.1) is 11.8 Å². The summed E-state index contributed by atoms with van der Waals surface area (Å²) in [6.07, 6.45) is 2.03. The van der Waals surface area contributed by atoms with Crippen LogP contribution in [0, 0.1) is 5.92 Å². The molecule has 0 aliphatic heterocycles. The summed E-state index contributed by atoms with van der Waals surface area (Å²) >= 11 is 7.29. The van der Waals surface area contributed by atoms with Crippen molar-refractivity contribution in [2.45, 2.75) is 24.7 Å². The summed E-state index contributed by atoms with van der Waals surface area (Å²) in [6.45, 7) is 4.01. The molecule has 0 radical (unpaired) electrons. The molecule has 3 heteroatoms. The highest BCUT2D eigenvalue weighted by Gasteiger charge is 2.22. The molecule has 0 aromatic heterocycles. The standard InChI is InChI=1S/C12H15ClOS/c1-8(2)11(12(13)14)9-4-6-10(15-3)7-5-9/h4-8,11H,1-3H3. The number of carbonyl (C=O) groups is 1. The highest BCUT2D eigenvalue weighted by molar-refractivity contribution is 7.98. The Morgan fingerprint density at radius 2 is 1.80 bits per heavy atom. The fourth-order valence-corrected chi connectivity index (χ4v) is 2.38. The molecule has 82 valence electrons. The van der Waals surface area contributed by atoms with Crippen LogP contribution >= 0.6 is 23.4 Å². The summed E-state index contributed by atoms with van der Waals surface area (Å²) in [6, 6.07) is 8.01. The van der Waals surface area contributed by atoms with Gasteiger partial charge in [0.25, 0.3) is 0 Å². The molecular weight excluding hydrogens is 228 g/mol. The van der Waals surface area contributed by atoms with Gasteiger partial charge in [-0.3, -0.25) is 4.79 Å². The first-order chi connectivity index (χ1) is 7.06. The van der Waals surface area contributed by atoms with Crippen LogP contribution in [0.1, 0.15) is 25.3 Å². The van der Waals surface area contributed by atoms with E-state index in [1.165, 1.54) is 4.90 Å². The Labute approximate surface area is 100 Å². The number of thioether (sulfide) groups is 1. The van der Waals surface area contributed by atoms with Gasteiger partial charge in [0, 0.05) is 4.90 Å². The molecular formula is C12H15ClOS. The van der Waals surface area contributed by atoms with Crippen molar-refractivity contribution in [1.29, 1.82) is 0 Å². The molecule has 1 atom stereocenters. The Morgan fingerprint density at radius 3 is 2.13 bits per heavy atom. The molecule has 0 amide bonds. The SMILES string of the molecule is CSc1ccc(C(C(=O)Cl)C(C)C)cc1. The zero-order valence-electron chi connectivity index (χ0n) is 9.16. The zero-order valence-corrected chi connectivity index (χ0v) is 10.7. The minimum absolute atomic E-state index is 0.192. The summed E-state index contributed by atoms with van der Waals surface area (Å²) < 4.78 is 0. The molecule has 0 heterocycles. The molecule has 0 N–H and O–H groups in total. The normalized spacial score (nSPS) is 12.9. The van der Waals surface area contributed by atoms with Crippen molar-refractivity contribution >= 4 is 28.6 Å². The van der Waals surface area contributed by atoms with Crippen LogP contribution in [-0.4, -0.2) is 11.5 Å². The number of rotatable bonds is 4. The average molecular weight is 243 g/mol. The van der Waals surface area contributed by atoms with Crippen LogP contribution in [0.2, 0.25) is 0 Å². The van der Waals surface area contributed by atoms with Gasteiger partial charge in [-0.2, -0.15) is 0 Å². The Kier molecular flexibility index (Phi) is 4.68. The van der Waals surface area contributed by atoms with Crippen LogP contribution in [0.3, 0.4) is 0 Å². The van der Waals surface area contributed by atoms with Gasteiger partial charge in [0.15, 0.2) is 0 Å². The Balaban J connectivity index is 2.97. The third-order valence-electron chi connectivity index (χ3n) is 2.39. The lowest BCUT2D eigenvalue weighted by atomic mass is 9.90. The van der Waals surface area contributed by atoms with Crippen LogP contribution in [0.4, 0.5) is 0 Å². The molecule has 0 fully saturated rings. The fraction of sp³-hybridized carbons (Fsp3) is 0.417. The van der Waals surface area contributed by atoms with Crippen LogP contribution in [-0.2, 0) is 4.79 Å². The van der Waals surface area contributed by atoms with Gasteiger partial charge in [-0.05, 0) is 41.5 Å². The van der Waals surface area contributed by atoms with Crippen molar-refractivity contribution < 1.29 is 4.79 Å². The molecule has 0 spiro atoms. The van der Waals surface area contributed by atoms with Gasteiger partial charge < -0.3 is 0 Å². The van der Waals surface area contributed by atoms with E-state index >= 15 is 0 Å². The topological polar surface area (TPSA) is 17.1 Å². The smallest absolute Gasteiger partial charge is 0.229 e. The molecule has 0 aliphatic rings. The molecule has 0 aliphatic carbocycles. The van der Waals surface area contributed by atoms with E-state index in [1.807, 2.05) is 44.4 Å². The highest BCUT2D eigenvalue weighted by atomic mass is 35.5. The van der Waals surface area contributed by atoms with Crippen LogP contribution in [0.5, 0.6) is 0 Å². The molecule has 1 unspecified atom stereocenters. The van der Waals surface area contributed by atoms with E-state index in [9.17, 15) is 4.79 Å². The fourth-order valence-electron chi connectivity index (χ4n) is 1.59. The van der Waals surface area contributed by atoms with Gasteiger partial charge in [0.1, 0.15) is 0 Å². The number of benzene rings is 1. The quantitative estimate of drug-likeness (QED) is 0.588. The van der Waals surface area contributed by atoms with E-state index < -0.39 is 0 Å². The maximum absolute atomic E-state index is 11.3. The Bertz CT molecular complexity index is 332. The Hall–Kier alpha value is -0.470. The lowest BCUT2D eigenvalue weighted by molar-refractivity contribution is -0.113. The third kappa shape index (κ3) is 3.25. The van der Waals surface area contributed by atoms with Gasteiger partial charge in [0.2, 0.25) is 5.24 Å². The van der Waals surface area contributed by atoms with Crippen molar-refractivity contribution in [3.8, 4) is 0 Å². The van der Waals surface area contributed by atoms with Crippen molar-refractivity contribution in [3.63, 3.8) is 0 Å². The Morgan fingerprint density at radius 1 is 1.27 bits per heavy atom. The second-order valence-electron chi connectivity index (χ2n) is 3.80. The number of carbonyl (C=O) groups excluding carboxylic acids is 1. The number of hydrogen-bond acceptors (Lipinski definition) is 2. The average Bonchev–Trinajstić information content (AvgIpc) is 2.18. The van der Waals surface area contributed by atoms with E-state index in [4.69, 9.17) is 11.6 Å². The summed E-state index contributed by atoms with van der Waals surface area (Å²) in [5.41, 5.74) is 1.00. The largest absolute Gasteiger partial charge is 0.281 e. The molecule has 0 bridgehead atoms. The first-order valence-corrected chi connectivity index (χ1v) is 6.49. The molecule has 1 aromatic carbocycles. The first kappa shape index (κ1) is 12.6. The van der Waals surface area contributed by atoms with Gasteiger partial charge in [0.05, 0.1) is 5.92 Å². The minimum atomic E-state index is -0.276. The van der Waals surface area contributed by atoms with Gasteiger partial charge in [-0.1, -0.05) is 26.0 Å². The molecule has 0 saturated heterocycles. The van der Waals surface area contributed by atoms with Crippen molar-refractivity contribution in [1.82, 2.24) is 0 Å². The van der Waals surface area contributed by atoms with E-state index in [1.54, 1.807) is 11.8 Å². The molecule has 1 aromatic rings. The van der Waals surface area contributed by atoms with E-state index in [-0.39, 0.29) is 17.1 Å². The summed E-state index contributed by atoms with van der Waals surface area (Å²) in [5, 5.41) is -0.276. The van der Waals surface area contributed by atoms with Crippen LogP contribution in [0.25, 0.3) is 0 Å². The first-order valence-electron chi connectivity index (χ1n) is 4.89.